The molecule has 0 amide bonds. The molecule has 7 nitrogen and oxygen atoms in total. The van der Waals surface area contributed by atoms with Gasteiger partial charge in [-0.05, 0) is 181 Å². The molecule has 8 rings (SSSR count). The van der Waals surface area contributed by atoms with Gasteiger partial charge in [-0.25, -0.2) is 8.42 Å². The first-order valence-corrected chi connectivity index (χ1v) is 23.7. The van der Waals surface area contributed by atoms with E-state index in [2.05, 4.69) is 52.0 Å². The van der Waals surface area contributed by atoms with E-state index < -0.39 is 9.84 Å². The van der Waals surface area contributed by atoms with Gasteiger partial charge < -0.3 is 18.9 Å². The predicted molar refractivity (Wildman–Crippen MR) is 266 cm³/mol. The number of carbonyl (C=O) groups excluding carboxylic acids is 1. The molecular formula is C59H54O7S. The molecule has 8 heteroatoms. The number of ether oxygens (including phenoxy) is 4. The van der Waals surface area contributed by atoms with Crippen molar-refractivity contribution in [3.63, 3.8) is 0 Å². The summed E-state index contributed by atoms with van der Waals surface area (Å²) in [5.74, 6) is 4.52. The number of carbonyl (C=O) groups is 1. The number of methoxy groups -OCH3 is 1. The first-order valence-electron chi connectivity index (χ1n) is 22.2. The molecule has 8 aromatic carbocycles. The molecule has 338 valence electrons. The summed E-state index contributed by atoms with van der Waals surface area (Å²) in [7, 11) is -2.14. The van der Waals surface area contributed by atoms with Crippen molar-refractivity contribution in [1.82, 2.24) is 0 Å². The summed E-state index contributed by atoms with van der Waals surface area (Å²) in [5.41, 5.74) is 8.36. The lowest BCUT2D eigenvalue weighted by atomic mass is 9.78. The number of sulfone groups is 1. The van der Waals surface area contributed by atoms with E-state index >= 15 is 0 Å². The van der Waals surface area contributed by atoms with E-state index in [9.17, 15) is 13.2 Å². The smallest absolute Gasteiger partial charge is 0.206 e. The number of hydrogen-bond acceptors (Lipinski definition) is 7. The molecule has 0 aliphatic heterocycles. The quantitative estimate of drug-likeness (QED) is 0.0947. The van der Waals surface area contributed by atoms with Crippen molar-refractivity contribution in [1.29, 1.82) is 0 Å². The lowest BCUT2D eigenvalue weighted by Crippen LogP contribution is -2.18. The summed E-state index contributed by atoms with van der Waals surface area (Å²) in [6.07, 6.45) is 0. The van der Waals surface area contributed by atoms with E-state index in [0.29, 0.717) is 45.6 Å². The standard InChI is InChI=1S/C59H54O7S/c1-39-9-10-42(37-40(39)2)57(60)43-11-36-56(41(3)38-43)66-53-26-18-47(19-27-53)59(6,7)46-16-24-50(25-17-46)65-52-30-34-55(35-31-52)67(61,62)54-32-28-51(29-33-54)64-49-22-14-45(15-23-49)58(4,5)44-12-20-48(63-8)21-13-44/h9-38H,1-8H3. The van der Waals surface area contributed by atoms with Crippen LogP contribution in [0.15, 0.2) is 192 Å². The second-order valence-electron chi connectivity index (χ2n) is 17.9. The van der Waals surface area contributed by atoms with Gasteiger partial charge in [-0.2, -0.15) is 0 Å². The summed E-state index contributed by atoms with van der Waals surface area (Å²) in [4.78, 5) is 13.5. The van der Waals surface area contributed by atoms with Crippen molar-refractivity contribution >= 4 is 15.6 Å². The highest BCUT2D eigenvalue weighted by molar-refractivity contribution is 7.91. The molecule has 8 aromatic rings. The Morgan fingerprint density at radius 2 is 0.716 bits per heavy atom. The summed E-state index contributed by atoms with van der Waals surface area (Å²) in [5, 5.41) is 0. The Kier molecular flexibility index (Phi) is 13.0. The molecule has 0 saturated carbocycles. The van der Waals surface area contributed by atoms with Gasteiger partial charge in [0.15, 0.2) is 5.78 Å². The molecule has 0 heterocycles. The third-order valence-electron chi connectivity index (χ3n) is 12.7. The van der Waals surface area contributed by atoms with Crippen LogP contribution < -0.4 is 18.9 Å². The molecule has 0 N–H and O–H groups in total. The van der Waals surface area contributed by atoms with Gasteiger partial charge in [0.25, 0.3) is 0 Å². The van der Waals surface area contributed by atoms with Gasteiger partial charge in [0.2, 0.25) is 9.84 Å². The van der Waals surface area contributed by atoms with Gasteiger partial charge in [-0.15, -0.1) is 0 Å². The molecule has 67 heavy (non-hydrogen) atoms. The minimum atomic E-state index is -3.79. The maximum atomic E-state index is 13.6. The zero-order valence-electron chi connectivity index (χ0n) is 39.1. The molecule has 0 unspecified atom stereocenters. The van der Waals surface area contributed by atoms with Gasteiger partial charge in [0, 0.05) is 22.0 Å². The van der Waals surface area contributed by atoms with Gasteiger partial charge in [-0.1, -0.05) is 88.4 Å². The number of rotatable bonds is 15. The van der Waals surface area contributed by atoms with Gasteiger partial charge >= 0.3 is 0 Å². The van der Waals surface area contributed by atoms with Crippen LogP contribution in [0.25, 0.3) is 0 Å². The van der Waals surface area contributed by atoms with Crippen molar-refractivity contribution < 1.29 is 32.2 Å². The van der Waals surface area contributed by atoms with Crippen LogP contribution in [0, 0.1) is 20.8 Å². The normalized spacial score (nSPS) is 11.8. The first-order chi connectivity index (χ1) is 32.0. The van der Waals surface area contributed by atoms with Crippen LogP contribution in [0.1, 0.15) is 82.6 Å². The lowest BCUT2D eigenvalue weighted by molar-refractivity contribution is 0.103. The summed E-state index contributed by atoms with van der Waals surface area (Å²) in [6.45, 7) is 14.7. The van der Waals surface area contributed by atoms with Crippen LogP contribution in [0.2, 0.25) is 0 Å². The topological polar surface area (TPSA) is 88.1 Å². The second kappa shape index (κ2) is 18.8. The van der Waals surface area contributed by atoms with E-state index in [0.717, 1.165) is 39.1 Å². The first kappa shape index (κ1) is 46.1. The SMILES string of the molecule is COc1ccc(C(C)(C)c2ccc(Oc3ccc(S(=O)(=O)c4ccc(Oc5ccc(C(C)(C)c6ccc(Oc7ccc(C(=O)c8ccc(C)c(C)c8)cc7C)cc6)cc5)cc4)cc3)cc2)cc1. The van der Waals surface area contributed by atoms with Crippen molar-refractivity contribution in [2.75, 3.05) is 7.11 Å². The van der Waals surface area contributed by atoms with Crippen LogP contribution in [0.3, 0.4) is 0 Å². The van der Waals surface area contributed by atoms with Crippen LogP contribution in [-0.4, -0.2) is 21.3 Å². The Morgan fingerprint density at radius 3 is 1.07 bits per heavy atom. The van der Waals surface area contributed by atoms with E-state index in [4.69, 9.17) is 18.9 Å². The fourth-order valence-corrected chi connectivity index (χ4v) is 9.28. The maximum absolute atomic E-state index is 13.6. The van der Waals surface area contributed by atoms with Crippen LogP contribution in [0.4, 0.5) is 0 Å². The lowest BCUT2D eigenvalue weighted by Gasteiger charge is -2.26. The van der Waals surface area contributed by atoms with Crippen LogP contribution in [0.5, 0.6) is 40.2 Å². The number of aryl methyl sites for hydroxylation is 3. The summed E-state index contributed by atoms with van der Waals surface area (Å²) < 4.78 is 51.0. The number of ketones is 1. The fraction of sp³-hybridized carbons (Fsp3) is 0.169. The molecule has 0 atom stereocenters. The minimum Gasteiger partial charge on any atom is -0.497 e. The largest absolute Gasteiger partial charge is 0.497 e. The minimum absolute atomic E-state index is 0.0118. The average molecular weight is 907 g/mol. The predicted octanol–water partition coefficient (Wildman–Crippen LogP) is 14.7. The van der Waals surface area contributed by atoms with Gasteiger partial charge in [-0.3, -0.25) is 4.79 Å². The van der Waals surface area contributed by atoms with E-state index in [1.165, 1.54) is 5.56 Å². The molecule has 0 bridgehead atoms. The Balaban J connectivity index is 0.853. The third kappa shape index (κ3) is 10.1. The summed E-state index contributed by atoms with van der Waals surface area (Å²) in [6, 6.07) is 56.2. The molecule has 0 fully saturated rings. The van der Waals surface area contributed by atoms with Crippen molar-refractivity contribution in [3.05, 3.63) is 232 Å². The Hall–Kier alpha value is -7.42. The Labute approximate surface area is 394 Å². The second-order valence-corrected chi connectivity index (χ2v) is 19.9. The van der Waals surface area contributed by atoms with E-state index in [1.54, 1.807) is 55.6 Å². The fourth-order valence-electron chi connectivity index (χ4n) is 8.02. The monoisotopic (exact) mass is 906 g/mol. The van der Waals surface area contributed by atoms with Gasteiger partial charge in [0.05, 0.1) is 16.9 Å². The Bertz CT molecular complexity index is 3130. The molecule has 0 radical (unpaired) electrons. The van der Waals surface area contributed by atoms with Crippen molar-refractivity contribution in [2.45, 2.75) is 69.1 Å². The van der Waals surface area contributed by atoms with Crippen molar-refractivity contribution in [3.8, 4) is 40.2 Å². The zero-order valence-corrected chi connectivity index (χ0v) is 39.9. The summed E-state index contributed by atoms with van der Waals surface area (Å²) >= 11 is 0. The van der Waals surface area contributed by atoms with Gasteiger partial charge in [0.1, 0.15) is 40.2 Å². The highest BCUT2D eigenvalue weighted by atomic mass is 32.2. The van der Waals surface area contributed by atoms with Crippen LogP contribution >= 0.6 is 0 Å². The number of benzene rings is 8. The molecular weight excluding hydrogens is 853 g/mol. The van der Waals surface area contributed by atoms with E-state index in [-0.39, 0.29) is 26.4 Å². The average Bonchev–Trinajstić information content (AvgIpc) is 3.33. The molecule has 0 saturated heterocycles. The maximum Gasteiger partial charge on any atom is 0.206 e. The molecule has 0 spiro atoms. The highest BCUT2D eigenvalue weighted by Gasteiger charge is 2.25. The zero-order chi connectivity index (χ0) is 47.5. The van der Waals surface area contributed by atoms with Crippen LogP contribution in [-0.2, 0) is 20.7 Å². The third-order valence-corrected chi connectivity index (χ3v) is 14.5. The highest BCUT2D eigenvalue weighted by Crippen LogP contribution is 2.37. The Morgan fingerprint density at radius 1 is 0.388 bits per heavy atom. The van der Waals surface area contributed by atoms with Crippen molar-refractivity contribution in [2.24, 2.45) is 0 Å². The van der Waals surface area contributed by atoms with E-state index in [1.807, 2.05) is 130 Å². The number of hydrogen-bond donors (Lipinski definition) is 0. The molecule has 0 aliphatic carbocycles. The molecule has 0 aliphatic rings. The molecule has 0 aromatic heterocycles.